The molecule has 0 rings (SSSR count). The third-order valence-corrected chi connectivity index (χ3v) is 0.440. The Morgan fingerprint density at radius 2 is 1.88 bits per heavy atom. The molecule has 0 aromatic rings. The highest BCUT2D eigenvalue weighted by molar-refractivity contribution is 4.97. The summed E-state index contributed by atoms with van der Waals surface area (Å²) in [5, 5.41) is 17.0. The minimum atomic E-state index is -1.89. The molecule has 6 N–H and O–H groups in total. The molecule has 0 aliphatic carbocycles. The van der Waals surface area contributed by atoms with Gasteiger partial charge in [-0.2, -0.15) is 0 Å². The van der Waals surface area contributed by atoms with Crippen LogP contribution in [-0.4, -0.2) is 16.0 Å². The lowest BCUT2D eigenvalue weighted by Crippen LogP contribution is -2.23. The van der Waals surface area contributed by atoms with Crippen LogP contribution in [0.5, 0.6) is 0 Å². The third kappa shape index (κ3) is 5.26. The Labute approximate surface area is 47.4 Å². The molecule has 0 fully saturated rings. The molecule has 0 radical (unpaired) electrons. The Bertz CT molecular complexity index is 99.1. The normalized spacial score (nSPS) is 10.9. The fourth-order valence-corrected chi connectivity index (χ4v) is 0.316. The Morgan fingerprint density at radius 3 is 1.88 bits per heavy atom. The van der Waals surface area contributed by atoms with E-state index in [0.29, 0.717) is 0 Å². The molecule has 0 saturated carbocycles. The average molecular weight is 118 g/mol. The quantitative estimate of drug-likeness (QED) is 0.313. The van der Waals surface area contributed by atoms with E-state index < -0.39 is 5.79 Å². The smallest absolute Gasteiger partial charge is 0.183 e. The van der Waals surface area contributed by atoms with Crippen molar-refractivity contribution < 1.29 is 10.2 Å². The monoisotopic (exact) mass is 118 g/mol. The van der Waals surface area contributed by atoms with Gasteiger partial charge in [-0.1, -0.05) is 0 Å². The van der Waals surface area contributed by atoms with Crippen molar-refractivity contribution in [2.45, 2.75) is 12.7 Å². The van der Waals surface area contributed by atoms with Crippen LogP contribution in [0, 0.1) is 0 Å². The van der Waals surface area contributed by atoms with Crippen molar-refractivity contribution in [1.29, 1.82) is 0 Å². The predicted molar refractivity (Wildman–Crippen MR) is 29.3 cm³/mol. The van der Waals surface area contributed by atoms with Crippen LogP contribution in [0.15, 0.2) is 11.9 Å². The van der Waals surface area contributed by atoms with Gasteiger partial charge in [-0.25, -0.2) is 0 Å². The first kappa shape index (κ1) is 7.26. The molecule has 0 aliphatic rings. The summed E-state index contributed by atoms with van der Waals surface area (Å²) in [6.07, 6.45) is 0.938. The molecule has 0 spiro atoms. The highest BCUT2D eigenvalue weighted by Crippen LogP contribution is 1.97. The fourth-order valence-electron chi connectivity index (χ4n) is 0.316. The van der Waals surface area contributed by atoms with Crippen LogP contribution >= 0.6 is 0 Å². The van der Waals surface area contributed by atoms with Crippen molar-refractivity contribution in [3.63, 3.8) is 0 Å². The summed E-state index contributed by atoms with van der Waals surface area (Å²) in [5.41, 5.74) is 9.79. The van der Waals surface area contributed by atoms with Gasteiger partial charge >= 0.3 is 0 Å². The molecule has 0 bridgehead atoms. The van der Waals surface area contributed by atoms with Gasteiger partial charge in [-0.15, -0.1) is 0 Å². The minimum Gasteiger partial charge on any atom is -0.386 e. The largest absolute Gasteiger partial charge is 0.386 e. The molecular formula is C4H10N2O2. The maximum Gasteiger partial charge on any atom is 0.183 e. The van der Waals surface area contributed by atoms with E-state index in [2.05, 4.69) is 0 Å². The van der Waals surface area contributed by atoms with Gasteiger partial charge in [0.15, 0.2) is 5.79 Å². The molecule has 0 heterocycles. The van der Waals surface area contributed by atoms with E-state index in [1.807, 2.05) is 0 Å². The van der Waals surface area contributed by atoms with Gasteiger partial charge in [-0.05, 0) is 6.92 Å². The number of hydrogen-bond donors (Lipinski definition) is 4. The number of hydrogen-bond acceptors (Lipinski definition) is 4. The molecule has 0 aromatic carbocycles. The van der Waals surface area contributed by atoms with E-state index in [1.54, 1.807) is 0 Å². The maximum absolute atomic E-state index is 8.51. The highest BCUT2D eigenvalue weighted by Gasteiger charge is 2.09. The van der Waals surface area contributed by atoms with Gasteiger partial charge in [0.05, 0.1) is 5.82 Å². The molecule has 4 heteroatoms. The second-order valence-corrected chi connectivity index (χ2v) is 1.74. The standard InChI is InChI=1S/C4H10N2O2/c1-4(7,8)2-3(5)6/h2,7-8H,5-6H2,1H3. The van der Waals surface area contributed by atoms with Gasteiger partial charge in [0.25, 0.3) is 0 Å². The van der Waals surface area contributed by atoms with E-state index in [9.17, 15) is 0 Å². The average Bonchev–Trinajstić information content (AvgIpc) is 1.21. The third-order valence-electron chi connectivity index (χ3n) is 0.440. The second kappa shape index (κ2) is 2.02. The molecule has 0 atom stereocenters. The summed E-state index contributed by atoms with van der Waals surface area (Å²) in [6.45, 7) is 1.16. The lowest BCUT2D eigenvalue weighted by Gasteiger charge is -2.08. The van der Waals surface area contributed by atoms with Crippen molar-refractivity contribution in [1.82, 2.24) is 0 Å². The van der Waals surface area contributed by atoms with Crippen LogP contribution in [0.1, 0.15) is 6.92 Å². The fraction of sp³-hybridized carbons (Fsp3) is 0.500. The van der Waals surface area contributed by atoms with Gasteiger partial charge in [0.2, 0.25) is 0 Å². The first-order valence-corrected chi connectivity index (χ1v) is 2.10. The molecule has 8 heavy (non-hydrogen) atoms. The highest BCUT2D eigenvalue weighted by atomic mass is 16.5. The van der Waals surface area contributed by atoms with Crippen LogP contribution in [0.2, 0.25) is 0 Å². The zero-order valence-corrected chi connectivity index (χ0v) is 4.63. The molecule has 48 valence electrons. The van der Waals surface area contributed by atoms with Crippen molar-refractivity contribution >= 4 is 0 Å². The van der Waals surface area contributed by atoms with Gasteiger partial charge in [0.1, 0.15) is 0 Å². The summed E-state index contributed by atoms with van der Waals surface area (Å²) < 4.78 is 0. The first-order valence-electron chi connectivity index (χ1n) is 2.10. The van der Waals surface area contributed by atoms with Crippen molar-refractivity contribution in [2.75, 3.05) is 0 Å². The van der Waals surface area contributed by atoms with Crippen LogP contribution < -0.4 is 11.5 Å². The van der Waals surface area contributed by atoms with Crippen LogP contribution in [-0.2, 0) is 0 Å². The molecule has 0 aliphatic heterocycles. The van der Waals surface area contributed by atoms with Crippen LogP contribution in [0.4, 0.5) is 0 Å². The van der Waals surface area contributed by atoms with Crippen molar-refractivity contribution in [2.24, 2.45) is 11.5 Å². The van der Waals surface area contributed by atoms with E-state index in [1.165, 1.54) is 0 Å². The van der Waals surface area contributed by atoms with E-state index >= 15 is 0 Å². The van der Waals surface area contributed by atoms with E-state index in [0.717, 1.165) is 13.0 Å². The van der Waals surface area contributed by atoms with E-state index in [-0.39, 0.29) is 5.82 Å². The van der Waals surface area contributed by atoms with Crippen LogP contribution in [0.3, 0.4) is 0 Å². The van der Waals surface area contributed by atoms with Gasteiger partial charge < -0.3 is 21.7 Å². The maximum atomic E-state index is 8.51. The first-order chi connectivity index (χ1) is 3.42. The Balaban J connectivity index is 3.89. The summed E-state index contributed by atoms with van der Waals surface area (Å²) in [5.74, 6) is -1.99. The zero-order chi connectivity index (χ0) is 6.78. The van der Waals surface area contributed by atoms with Crippen LogP contribution in [0.25, 0.3) is 0 Å². The van der Waals surface area contributed by atoms with Crippen molar-refractivity contribution in [3.05, 3.63) is 11.9 Å². The summed E-state index contributed by atoms with van der Waals surface area (Å²) >= 11 is 0. The summed E-state index contributed by atoms with van der Waals surface area (Å²) in [4.78, 5) is 0. The predicted octanol–water partition coefficient (Wildman–Crippen LogP) is -1.55. The van der Waals surface area contributed by atoms with Crippen molar-refractivity contribution in [3.8, 4) is 0 Å². The Morgan fingerprint density at radius 1 is 1.50 bits per heavy atom. The number of aliphatic hydroxyl groups is 2. The molecule has 0 unspecified atom stereocenters. The molecule has 0 aromatic heterocycles. The molecule has 4 nitrogen and oxygen atoms in total. The minimum absolute atomic E-state index is 0.0995. The van der Waals surface area contributed by atoms with Gasteiger partial charge in [0, 0.05) is 6.08 Å². The van der Waals surface area contributed by atoms with Gasteiger partial charge in [-0.3, -0.25) is 0 Å². The summed E-state index contributed by atoms with van der Waals surface area (Å²) in [6, 6.07) is 0. The molecular weight excluding hydrogens is 108 g/mol. The number of rotatable bonds is 1. The summed E-state index contributed by atoms with van der Waals surface area (Å²) in [7, 11) is 0. The second-order valence-electron chi connectivity index (χ2n) is 1.74. The zero-order valence-electron chi connectivity index (χ0n) is 4.63. The molecule has 0 amide bonds. The number of nitrogens with two attached hydrogens (primary N) is 2. The SMILES string of the molecule is CC(O)(O)C=C(N)N. The lowest BCUT2D eigenvalue weighted by atomic mass is 10.3. The Kier molecular flexibility index (Phi) is 1.83. The topological polar surface area (TPSA) is 92.5 Å². The lowest BCUT2D eigenvalue weighted by molar-refractivity contribution is -0.101. The van der Waals surface area contributed by atoms with E-state index in [4.69, 9.17) is 21.7 Å². The Hall–Kier alpha value is -0.740. The molecule has 0 saturated heterocycles.